The van der Waals surface area contributed by atoms with Crippen molar-refractivity contribution in [3.63, 3.8) is 0 Å². The van der Waals surface area contributed by atoms with E-state index in [4.69, 9.17) is 13.9 Å². The summed E-state index contributed by atoms with van der Waals surface area (Å²) >= 11 is 0. The van der Waals surface area contributed by atoms with Gasteiger partial charge in [0.2, 0.25) is 5.89 Å². The molecule has 0 aliphatic carbocycles. The van der Waals surface area contributed by atoms with Crippen LogP contribution in [0.3, 0.4) is 0 Å². The quantitative estimate of drug-likeness (QED) is 0.754. The summed E-state index contributed by atoms with van der Waals surface area (Å²) in [5, 5.41) is 10.5. The van der Waals surface area contributed by atoms with Gasteiger partial charge in [-0.3, -0.25) is 10.1 Å². The molecule has 2 aromatic carbocycles. The SMILES string of the molecule is COc1ccc(OC)c(C(=O)Nc2nnc(-c3ccc(C)c(C)c3)o2)c1. The molecule has 0 aliphatic rings. The van der Waals surface area contributed by atoms with Crippen molar-refractivity contribution >= 4 is 11.9 Å². The maximum absolute atomic E-state index is 12.5. The number of aryl methyl sites for hydroxylation is 2. The summed E-state index contributed by atoms with van der Waals surface area (Å²) in [6.07, 6.45) is 0. The van der Waals surface area contributed by atoms with Crippen molar-refractivity contribution in [1.82, 2.24) is 10.2 Å². The lowest BCUT2D eigenvalue weighted by Crippen LogP contribution is -2.13. The minimum Gasteiger partial charge on any atom is -0.497 e. The molecule has 0 saturated carbocycles. The van der Waals surface area contributed by atoms with E-state index in [0.717, 1.165) is 11.1 Å². The van der Waals surface area contributed by atoms with Gasteiger partial charge in [-0.25, -0.2) is 0 Å². The second-order valence-corrected chi connectivity index (χ2v) is 5.73. The van der Waals surface area contributed by atoms with Gasteiger partial charge in [-0.2, -0.15) is 0 Å². The average molecular weight is 353 g/mol. The molecule has 0 aliphatic heterocycles. The van der Waals surface area contributed by atoms with E-state index >= 15 is 0 Å². The van der Waals surface area contributed by atoms with E-state index in [0.29, 0.717) is 23.0 Å². The van der Waals surface area contributed by atoms with E-state index in [2.05, 4.69) is 15.5 Å². The van der Waals surface area contributed by atoms with Crippen molar-refractivity contribution in [1.29, 1.82) is 0 Å². The number of hydrogen-bond donors (Lipinski definition) is 1. The molecular weight excluding hydrogens is 334 g/mol. The molecule has 0 radical (unpaired) electrons. The van der Waals surface area contributed by atoms with E-state index in [9.17, 15) is 4.79 Å². The van der Waals surface area contributed by atoms with Gasteiger partial charge >= 0.3 is 6.01 Å². The van der Waals surface area contributed by atoms with Crippen molar-refractivity contribution in [2.24, 2.45) is 0 Å². The molecule has 1 heterocycles. The van der Waals surface area contributed by atoms with Gasteiger partial charge in [0.15, 0.2) is 0 Å². The van der Waals surface area contributed by atoms with Crippen LogP contribution in [0, 0.1) is 13.8 Å². The lowest BCUT2D eigenvalue weighted by molar-refractivity contribution is 0.102. The van der Waals surface area contributed by atoms with Crippen molar-refractivity contribution in [2.45, 2.75) is 13.8 Å². The van der Waals surface area contributed by atoms with E-state index in [1.807, 2.05) is 32.0 Å². The normalized spacial score (nSPS) is 10.5. The highest BCUT2D eigenvalue weighted by molar-refractivity contribution is 6.05. The highest BCUT2D eigenvalue weighted by Gasteiger charge is 2.17. The fourth-order valence-corrected chi connectivity index (χ4v) is 2.42. The molecule has 0 saturated heterocycles. The summed E-state index contributed by atoms with van der Waals surface area (Å²) in [5.41, 5.74) is 3.39. The third kappa shape index (κ3) is 3.51. The number of amides is 1. The fraction of sp³-hybridized carbons (Fsp3) is 0.211. The standard InChI is InChI=1S/C19H19N3O4/c1-11-5-6-13(9-12(11)2)18-21-22-19(26-18)20-17(23)15-10-14(24-3)7-8-16(15)25-4/h5-10H,1-4H3,(H,20,22,23). The highest BCUT2D eigenvalue weighted by atomic mass is 16.5. The number of carbonyl (C=O) groups excluding carboxylic acids is 1. The topological polar surface area (TPSA) is 86.5 Å². The molecule has 1 N–H and O–H groups in total. The Balaban J connectivity index is 1.83. The third-order valence-corrected chi connectivity index (χ3v) is 4.05. The molecule has 0 bridgehead atoms. The molecule has 0 spiro atoms. The Labute approximate surface area is 151 Å². The number of nitrogens with zero attached hydrogens (tertiary/aromatic N) is 2. The predicted molar refractivity (Wildman–Crippen MR) is 96.7 cm³/mol. The smallest absolute Gasteiger partial charge is 0.322 e. The van der Waals surface area contributed by atoms with Crippen molar-refractivity contribution in [3.05, 3.63) is 53.1 Å². The van der Waals surface area contributed by atoms with Crippen LogP contribution >= 0.6 is 0 Å². The number of rotatable bonds is 5. The Morgan fingerprint density at radius 3 is 2.50 bits per heavy atom. The molecule has 7 heteroatoms. The van der Waals surface area contributed by atoms with Crippen LogP contribution in [0.5, 0.6) is 11.5 Å². The monoisotopic (exact) mass is 353 g/mol. The van der Waals surface area contributed by atoms with Gasteiger partial charge in [0, 0.05) is 5.56 Å². The summed E-state index contributed by atoms with van der Waals surface area (Å²) in [5.74, 6) is 0.853. The number of ether oxygens (including phenoxy) is 2. The maximum atomic E-state index is 12.5. The molecule has 0 fully saturated rings. The first-order chi connectivity index (χ1) is 12.5. The molecule has 7 nitrogen and oxygen atoms in total. The second kappa shape index (κ2) is 7.26. The van der Waals surface area contributed by atoms with Gasteiger partial charge < -0.3 is 13.9 Å². The van der Waals surface area contributed by atoms with Crippen LogP contribution < -0.4 is 14.8 Å². The predicted octanol–water partition coefficient (Wildman–Crippen LogP) is 3.62. The third-order valence-electron chi connectivity index (χ3n) is 4.05. The number of aromatic nitrogens is 2. The minimum absolute atomic E-state index is 0.00750. The maximum Gasteiger partial charge on any atom is 0.322 e. The molecule has 0 atom stereocenters. The molecular formula is C19H19N3O4. The molecule has 3 aromatic rings. The summed E-state index contributed by atoms with van der Waals surface area (Å²) < 4.78 is 15.9. The van der Waals surface area contributed by atoms with Crippen LogP contribution in [0.15, 0.2) is 40.8 Å². The lowest BCUT2D eigenvalue weighted by Gasteiger charge is -2.09. The van der Waals surface area contributed by atoms with Crippen molar-refractivity contribution in [2.75, 3.05) is 19.5 Å². The molecule has 134 valence electrons. The number of anilines is 1. The zero-order valence-corrected chi connectivity index (χ0v) is 15.0. The van der Waals surface area contributed by atoms with Crippen molar-refractivity contribution in [3.8, 4) is 23.0 Å². The highest BCUT2D eigenvalue weighted by Crippen LogP contribution is 2.26. The average Bonchev–Trinajstić information content (AvgIpc) is 3.11. The molecule has 26 heavy (non-hydrogen) atoms. The summed E-state index contributed by atoms with van der Waals surface area (Å²) in [7, 11) is 3.01. The Morgan fingerprint density at radius 1 is 1.00 bits per heavy atom. The van der Waals surface area contributed by atoms with Gasteiger partial charge in [0.25, 0.3) is 5.91 Å². The first-order valence-electron chi connectivity index (χ1n) is 7.96. The van der Waals surface area contributed by atoms with Gasteiger partial charge in [-0.05, 0) is 55.3 Å². The van der Waals surface area contributed by atoms with Gasteiger partial charge in [0.05, 0.1) is 19.8 Å². The van der Waals surface area contributed by atoms with E-state index in [1.165, 1.54) is 19.8 Å². The van der Waals surface area contributed by atoms with Crippen molar-refractivity contribution < 1.29 is 18.7 Å². The van der Waals surface area contributed by atoms with E-state index in [-0.39, 0.29) is 6.01 Å². The Bertz CT molecular complexity index is 950. The Kier molecular flexibility index (Phi) is 4.88. The summed E-state index contributed by atoms with van der Waals surface area (Å²) in [6.45, 7) is 4.03. The van der Waals surface area contributed by atoms with E-state index in [1.54, 1.807) is 18.2 Å². The molecule has 3 rings (SSSR count). The van der Waals surface area contributed by atoms with Crippen LogP contribution in [0.1, 0.15) is 21.5 Å². The Morgan fingerprint density at radius 2 is 1.81 bits per heavy atom. The number of hydrogen-bond acceptors (Lipinski definition) is 6. The van der Waals surface area contributed by atoms with Gasteiger partial charge in [0.1, 0.15) is 11.5 Å². The number of nitrogens with one attached hydrogen (secondary N) is 1. The minimum atomic E-state index is -0.434. The Hall–Kier alpha value is -3.35. The zero-order valence-electron chi connectivity index (χ0n) is 15.0. The van der Waals surface area contributed by atoms with Crippen LogP contribution in [0.4, 0.5) is 6.01 Å². The second-order valence-electron chi connectivity index (χ2n) is 5.73. The zero-order chi connectivity index (χ0) is 18.7. The van der Waals surface area contributed by atoms with Gasteiger partial charge in [-0.15, -0.1) is 5.10 Å². The van der Waals surface area contributed by atoms with Gasteiger partial charge in [-0.1, -0.05) is 11.2 Å². The molecule has 1 aromatic heterocycles. The van der Waals surface area contributed by atoms with Crippen LogP contribution in [0.25, 0.3) is 11.5 Å². The molecule has 1 amide bonds. The first-order valence-corrected chi connectivity index (χ1v) is 7.96. The summed E-state index contributed by atoms with van der Waals surface area (Å²) in [4.78, 5) is 12.5. The number of benzene rings is 2. The molecule has 0 unspecified atom stereocenters. The lowest BCUT2D eigenvalue weighted by atomic mass is 10.1. The van der Waals surface area contributed by atoms with Crippen LogP contribution in [0.2, 0.25) is 0 Å². The van der Waals surface area contributed by atoms with Crippen LogP contribution in [-0.2, 0) is 0 Å². The first kappa shape index (κ1) is 17.5. The number of carbonyl (C=O) groups is 1. The van der Waals surface area contributed by atoms with E-state index < -0.39 is 5.91 Å². The summed E-state index contributed by atoms with van der Waals surface area (Å²) in [6, 6.07) is 10.8. The number of methoxy groups -OCH3 is 2. The fourth-order valence-electron chi connectivity index (χ4n) is 2.42. The van der Waals surface area contributed by atoms with Crippen LogP contribution in [-0.4, -0.2) is 30.3 Å². The largest absolute Gasteiger partial charge is 0.497 e.